The van der Waals surface area contributed by atoms with Crippen LogP contribution >= 0.6 is 0 Å². The molecule has 0 saturated heterocycles. The van der Waals surface area contributed by atoms with Crippen molar-refractivity contribution in [1.82, 2.24) is 4.72 Å². The minimum Gasteiger partial charge on any atom is -0.384 e. The second-order valence-corrected chi connectivity index (χ2v) is 6.27. The highest BCUT2D eigenvalue weighted by molar-refractivity contribution is 7.89. The summed E-state index contributed by atoms with van der Waals surface area (Å²) in [6.07, 6.45) is -4.82. The highest BCUT2D eigenvalue weighted by atomic mass is 32.2. The molecular weight excluding hydrogens is 335 g/mol. The Balaban J connectivity index is 2.82. The van der Waals surface area contributed by atoms with Gasteiger partial charge in [0.15, 0.2) is 0 Å². The van der Waals surface area contributed by atoms with Crippen molar-refractivity contribution in [3.8, 4) is 11.8 Å². The summed E-state index contributed by atoms with van der Waals surface area (Å²) >= 11 is 0. The first-order valence-electron chi connectivity index (χ1n) is 6.47. The van der Waals surface area contributed by atoms with Gasteiger partial charge in [0, 0.05) is 0 Å². The van der Waals surface area contributed by atoms with Gasteiger partial charge in [-0.2, -0.15) is 17.9 Å². The lowest BCUT2D eigenvalue weighted by molar-refractivity contribution is -0.162. The number of alkyl halides is 3. The van der Waals surface area contributed by atoms with E-state index in [-0.39, 0.29) is 11.5 Å². The van der Waals surface area contributed by atoms with Crippen LogP contribution in [0.1, 0.15) is 5.56 Å². The minimum atomic E-state index is -4.82. The average molecular weight is 351 g/mol. The molecule has 5 nitrogen and oxygen atoms in total. The Morgan fingerprint density at radius 1 is 1.26 bits per heavy atom. The molecule has 2 N–H and O–H groups in total. The summed E-state index contributed by atoms with van der Waals surface area (Å²) in [5.74, 6) is 4.48. The van der Waals surface area contributed by atoms with Crippen LogP contribution in [0, 0.1) is 18.8 Å². The van der Waals surface area contributed by atoms with Crippen molar-refractivity contribution < 1.29 is 31.4 Å². The molecule has 0 amide bonds. The van der Waals surface area contributed by atoms with Gasteiger partial charge in [-0.1, -0.05) is 29.5 Å². The first-order valence-corrected chi connectivity index (χ1v) is 7.95. The Morgan fingerprint density at radius 2 is 1.87 bits per heavy atom. The number of sulfonamides is 1. The average Bonchev–Trinajstić information content (AvgIpc) is 2.45. The van der Waals surface area contributed by atoms with Gasteiger partial charge in [0.1, 0.15) is 19.3 Å². The van der Waals surface area contributed by atoms with Gasteiger partial charge in [-0.15, -0.1) is 0 Å². The monoisotopic (exact) mass is 351 g/mol. The SMILES string of the molecule is Cc1ccc(S(=O)(=O)NC(COCC#CCO)C(F)(F)F)cc1. The maximum Gasteiger partial charge on any atom is 0.407 e. The van der Waals surface area contributed by atoms with E-state index in [2.05, 4.69) is 11.8 Å². The normalized spacial score (nSPS) is 13.3. The van der Waals surface area contributed by atoms with E-state index in [0.29, 0.717) is 0 Å². The number of aliphatic hydroxyl groups excluding tert-OH is 1. The zero-order valence-electron chi connectivity index (χ0n) is 12.2. The van der Waals surface area contributed by atoms with E-state index in [9.17, 15) is 21.6 Å². The molecule has 0 radical (unpaired) electrons. The lowest BCUT2D eigenvalue weighted by atomic mass is 10.2. The van der Waals surface area contributed by atoms with E-state index in [1.807, 2.05) is 0 Å². The standard InChI is InChI=1S/C14H16F3NO4S/c1-11-4-6-12(7-5-11)23(20,21)18-13(14(15,16)17)10-22-9-3-2-8-19/h4-7,13,18-19H,8-10H2,1H3. The van der Waals surface area contributed by atoms with Gasteiger partial charge in [0.25, 0.3) is 0 Å². The third kappa shape index (κ3) is 6.58. The second-order valence-electron chi connectivity index (χ2n) is 4.56. The summed E-state index contributed by atoms with van der Waals surface area (Å²) in [4.78, 5) is -0.266. The van der Waals surface area contributed by atoms with E-state index in [1.54, 1.807) is 11.6 Å². The molecule has 23 heavy (non-hydrogen) atoms. The molecule has 1 atom stereocenters. The van der Waals surface area contributed by atoms with Crippen molar-refractivity contribution >= 4 is 10.0 Å². The fourth-order valence-electron chi connectivity index (χ4n) is 1.50. The Bertz CT molecular complexity index is 660. The number of nitrogens with one attached hydrogen (secondary N) is 1. The van der Waals surface area contributed by atoms with E-state index >= 15 is 0 Å². The quantitative estimate of drug-likeness (QED) is 0.597. The van der Waals surface area contributed by atoms with Crippen LogP contribution < -0.4 is 4.72 Å². The van der Waals surface area contributed by atoms with Gasteiger partial charge in [-0.25, -0.2) is 8.42 Å². The topological polar surface area (TPSA) is 75.6 Å². The van der Waals surface area contributed by atoms with E-state index in [0.717, 1.165) is 5.56 Å². The molecule has 9 heteroatoms. The predicted molar refractivity (Wildman–Crippen MR) is 77.0 cm³/mol. The number of aliphatic hydroxyl groups is 1. The smallest absolute Gasteiger partial charge is 0.384 e. The number of ether oxygens (including phenoxy) is 1. The molecule has 1 aromatic rings. The van der Waals surface area contributed by atoms with Gasteiger partial charge in [0.2, 0.25) is 10.0 Å². The molecule has 128 valence electrons. The van der Waals surface area contributed by atoms with Crippen molar-refractivity contribution in [2.45, 2.75) is 24.0 Å². The van der Waals surface area contributed by atoms with Crippen LogP contribution in [-0.2, 0) is 14.8 Å². The third-order valence-electron chi connectivity index (χ3n) is 2.69. The molecule has 1 aromatic carbocycles. The molecule has 1 rings (SSSR count). The number of rotatable bonds is 6. The van der Waals surface area contributed by atoms with E-state index < -0.39 is 35.5 Å². The van der Waals surface area contributed by atoms with Gasteiger partial charge < -0.3 is 9.84 Å². The maximum absolute atomic E-state index is 12.9. The van der Waals surface area contributed by atoms with E-state index in [1.165, 1.54) is 24.3 Å². The Kier molecular flexibility index (Phi) is 7.02. The van der Waals surface area contributed by atoms with Gasteiger partial charge >= 0.3 is 6.18 Å². The summed E-state index contributed by atoms with van der Waals surface area (Å²) in [5.41, 5.74) is 0.780. The summed E-state index contributed by atoms with van der Waals surface area (Å²) in [7, 11) is -4.33. The molecule has 0 spiro atoms. The molecule has 0 aromatic heterocycles. The number of hydrogen-bond donors (Lipinski definition) is 2. The summed E-state index contributed by atoms with van der Waals surface area (Å²) in [6.45, 7) is 0.0177. The maximum atomic E-state index is 12.9. The van der Waals surface area contributed by atoms with Crippen molar-refractivity contribution in [2.75, 3.05) is 19.8 Å². The Hall–Kier alpha value is -1.60. The van der Waals surface area contributed by atoms with Gasteiger partial charge in [-0.3, -0.25) is 0 Å². The van der Waals surface area contributed by atoms with Gasteiger partial charge in [-0.05, 0) is 19.1 Å². The van der Waals surface area contributed by atoms with Crippen molar-refractivity contribution in [1.29, 1.82) is 0 Å². The number of halogens is 3. The third-order valence-corrected chi connectivity index (χ3v) is 4.17. The van der Waals surface area contributed by atoms with Crippen LogP contribution in [0.2, 0.25) is 0 Å². The zero-order valence-corrected chi connectivity index (χ0v) is 13.0. The molecule has 0 fully saturated rings. The minimum absolute atomic E-state index is 0.266. The number of aryl methyl sites for hydroxylation is 1. The van der Waals surface area contributed by atoms with Crippen LogP contribution in [0.15, 0.2) is 29.2 Å². The molecule has 1 unspecified atom stereocenters. The molecule has 0 aliphatic heterocycles. The van der Waals surface area contributed by atoms with Crippen LogP contribution in [0.3, 0.4) is 0 Å². The first kappa shape index (κ1) is 19.4. The van der Waals surface area contributed by atoms with Crippen LogP contribution in [0.25, 0.3) is 0 Å². The van der Waals surface area contributed by atoms with Crippen molar-refractivity contribution in [3.63, 3.8) is 0 Å². The van der Waals surface area contributed by atoms with E-state index in [4.69, 9.17) is 9.84 Å². The van der Waals surface area contributed by atoms with Crippen LogP contribution in [-0.4, -0.2) is 45.6 Å². The summed E-state index contributed by atoms with van der Waals surface area (Å²) < 4.78 is 69.1. The molecular formula is C14H16F3NO4S. The largest absolute Gasteiger partial charge is 0.407 e. The molecule has 0 bridgehead atoms. The highest BCUT2D eigenvalue weighted by Crippen LogP contribution is 2.22. The zero-order chi connectivity index (χ0) is 17.5. The fourth-order valence-corrected chi connectivity index (χ4v) is 2.71. The second kappa shape index (κ2) is 8.31. The summed E-state index contributed by atoms with van der Waals surface area (Å²) in [5, 5.41) is 8.40. The Morgan fingerprint density at radius 3 is 2.39 bits per heavy atom. The molecule has 0 aliphatic carbocycles. The number of benzene rings is 1. The molecule has 0 aliphatic rings. The summed E-state index contributed by atoms with van der Waals surface area (Å²) in [6, 6.07) is 3.01. The highest BCUT2D eigenvalue weighted by Gasteiger charge is 2.42. The Labute approximate surface area is 132 Å². The molecule has 0 heterocycles. The van der Waals surface area contributed by atoms with Gasteiger partial charge in [0.05, 0.1) is 11.5 Å². The van der Waals surface area contributed by atoms with Crippen molar-refractivity contribution in [2.24, 2.45) is 0 Å². The lowest BCUT2D eigenvalue weighted by Crippen LogP contribution is -2.48. The number of hydrogen-bond acceptors (Lipinski definition) is 4. The molecule has 0 saturated carbocycles. The lowest BCUT2D eigenvalue weighted by Gasteiger charge is -2.21. The fraction of sp³-hybridized carbons (Fsp3) is 0.429. The van der Waals surface area contributed by atoms with Crippen molar-refractivity contribution in [3.05, 3.63) is 29.8 Å². The predicted octanol–water partition coefficient (Wildman–Crippen LogP) is 1.22. The van der Waals surface area contributed by atoms with Crippen LogP contribution in [0.5, 0.6) is 0 Å². The first-order chi connectivity index (χ1) is 10.7. The van der Waals surface area contributed by atoms with Crippen LogP contribution in [0.4, 0.5) is 13.2 Å².